The predicted molar refractivity (Wildman–Crippen MR) is 250 cm³/mol. The summed E-state index contributed by atoms with van der Waals surface area (Å²) in [4.78, 5) is 2.39. The summed E-state index contributed by atoms with van der Waals surface area (Å²) in [6.07, 6.45) is 0. The molecule has 0 aliphatic rings. The molecule has 0 bridgehead atoms. The van der Waals surface area contributed by atoms with Gasteiger partial charge in [0.1, 0.15) is 11.2 Å². The lowest BCUT2D eigenvalue weighted by Crippen LogP contribution is -2.10. The SMILES string of the molecule is c1ccc(N(c2ccc(-n3c4ccccc4c4c5oc6c(ccc7c6c6ccccc6n7-c6ccccc6)c5ccc43)cc2)c2cccc3c2sc2ccccc23)cc1. The highest BCUT2D eigenvalue weighted by Gasteiger charge is 2.23. The Morgan fingerprint density at radius 2 is 0.864 bits per heavy atom. The molecule has 0 amide bonds. The van der Waals surface area contributed by atoms with E-state index in [1.807, 2.05) is 11.3 Å². The van der Waals surface area contributed by atoms with Crippen LogP contribution in [0.4, 0.5) is 17.1 Å². The number of aromatic nitrogens is 2. The highest BCUT2D eigenvalue weighted by Crippen LogP contribution is 2.47. The third-order valence-electron chi connectivity index (χ3n) is 12.1. The van der Waals surface area contributed by atoms with Crippen LogP contribution in [-0.2, 0) is 0 Å². The number of nitrogens with zero attached hydrogens (tertiary/aromatic N) is 3. The second-order valence-corrected chi connectivity index (χ2v) is 16.3. The molecule has 13 rings (SSSR count). The molecule has 0 radical (unpaired) electrons. The molecule has 0 saturated heterocycles. The van der Waals surface area contributed by atoms with Crippen LogP contribution in [0.5, 0.6) is 0 Å². The van der Waals surface area contributed by atoms with E-state index in [1.54, 1.807) is 0 Å². The first-order valence-electron chi connectivity index (χ1n) is 20.0. The Bertz CT molecular complexity index is 3780. The molecular formula is C54H33N3OS. The van der Waals surface area contributed by atoms with Crippen molar-refractivity contribution < 1.29 is 4.42 Å². The van der Waals surface area contributed by atoms with Gasteiger partial charge in [-0.2, -0.15) is 0 Å². The van der Waals surface area contributed by atoms with E-state index in [9.17, 15) is 0 Å². The van der Waals surface area contributed by atoms with E-state index in [2.05, 4.69) is 214 Å². The van der Waals surface area contributed by atoms with E-state index in [-0.39, 0.29) is 0 Å². The Labute approximate surface area is 342 Å². The summed E-state index contributed by atoms with van der Waals surface area (Å²) in [7, 11) is 0. The fourth-order valence-corrected chi connectivity index (χ4v) is 10.8. The Morgan fingerprint density at radius 1 is 0.356 bits per heavy atom. The fraction of sp³-hybridized carbons (Fsp3) is 0. The van der Waals surface area contributed by atoms with Gasteiger partial charge in [0.05, 0.1) is 43.2 Å². The number of furan rings is 1. The fourth-order valence-electron chi connectivity index (χ4n) is 9.59. The first-order chi connectivity index (χ1) is 29.3. The maximum atomic E-state index is 7.17. The van der Waals surface area contributed by atoms with Gasteiger partial charge in [-0.15, -0.1) is 11.3 Å². The average molecular weight is 772 g/mol. The number of para-hydroxylation sites is 4. The first-order valence-corrected chi connectivity index (χ1v) is 20.8. The van der Waals surface area contributed by atoms with Gasteiger partial charge in [0.15, 0.2) is 0 Å². The molecule has 5 heteroatoms. The Kier molecular flexibility index (Phi) is 6.85. The molecule has 4 heterocycles. The van der Waals surface area contributed by atoms with Crippen molar-refractivity contribution in [2.24, 2.45) is 0 Å². The summed E-state index contributed by atoms with van der Waals surface area (Å²) >= 11 is 1.86. The van der Waals surface area contributed by atoms with E-state index in [0.29, 0.717) is 0 Å². The molecule has 4 aromatic heterocycles. The molecule has 9 aromatic carbocycles. The van der Waals surface area contributed by atoms with Gasteiger partial charge >= 0.3 is 0 Å². The van der Waals surface area contributed by atoms with E-state index in [1.165, 1.54) is 36.6 Å². The van der Waals surface area contributed by atoms with Gasteiger partial charge in [-0.05, 0) is 97.1 Å². The topological polar surface area (TPSA) is 26.2 Å². The second-order valence-electron chi connectivity index (χ2n) is 15.3. The number of hydrogen-bond donors (Lipinski definition) is 0. The van der Waals surface area contributed by atoms with E-state index < -0.39 is 0 Å². The van der Waals surface area contributed by atoms with Gasteiger partial charge in [0.2, 0.25) is 0 Å². The summed E-state index contributed by atoms with van der Waals surface area (Å²) in [6.45, 7) is 0. The van der Waals surface area contributed by atoms with E-state index >= 15 is 0 Å². The molecule has 0 atom stereocenters. The van der Waals surface area contributed by atoms with Crippen molar-refractivity contribution in [1.29, 1.82) is 0 Å². The first kappa shape index (κ1) is 32.5. The number of benzene rings is 9. The maximum Gasteiger partial charge on any atom is 0.145 e. The molecule has 0 spiro atoms. The Balaban J connectivity index is 1.01. The van der Waals surface area contributed by atoms with Crippen LogP contribution in [0.3, 0.4) is 0 Å². The molecule has 0 N–H and O–H groups in total. The van der Waals surface area contributed by atoms with Crippen LogP contribution in [0.25, 0.3) is 97.1 Å². The average Bonchev–Trinajstić information content (AvgIpc) is 4.05. The normalized spacial score (nSPS) is 12.1. The molecule has 276 valence electrons. The maximum absolute atomic E-state index is 7.17. The minimum atomic E-state index is 0.916. The molecular weight excluding hydrogens is 739 g/mol. The van der Waals surface area contributed by atoms with Crippen LogP contribution < -0.4 is 4.90 Å². The monoisotopic (exact) mass is 771 g/mol. The van der Waals surface area contributed by atoms with Crippen molar-refractivity contribution >= 4 is 114 Å². The number of fused-ring (bicyclic) bond motifs is 14. The van der Waals surface area contributed by atoms with Crippen molar-refractivity contribution in [2.45, 2.75) is 0 Å². The second kappa shape index (κ2) is 12.4. The summed E-state index contributed by atoms with van der Waals surface area (Å²) in [5.74, 6) is 0. The highest BCUT2D eigenvalue weighted by atomic mass is 32.1. The number of anilines is 3. The van der Waals surface area contributed by atoms with Crippen molar-refractivity contribution in [3.05, 3.63) is 200 Å². The van der Waals surface area contributed by atoms with Crippen LogP contribution in [-0.4, -0.2) is 9.13 Å². The Morgan fingerprint density at radius 3 is 1.51 bits per heavy atom. The summed E-state index contributed by atoms with van der Waals surface area (Å²) in [5, 5.41) is 9.45. The van der Waals surface area contributed by atoms with Gasteiger partial charge in [-0.1, -0.05) is 103 Å². The lowest BCUT2D eigenvalue weighted by Gasteiger charge is -2.26. The van der Waals surface area contributed by atoms with Crippen molar-refractivity contribution in [2.75, 3.05) is 4.90 Å². The third-order valence-corrected chi connectivity index (χ3v) is 13.3. The predicted octanol–water partition coefficient (Wildman–Crippen LogP) is 15.6. The molecule has 0 aliphatic heterocycles. The Hall–Kier alpha value is -7.60. The quantitative estimate of drug-likeness (QED) is 0.174. The lowest BCUT2D eigenvalue weighted by atomic mass is 10.1. The van der Waals surface area contributed by atoms with Crippen molar-refractivity contribution in [3.63, 3.8) is 0 Å². The summed E-state index contributed by atoms with van der Waals surface area (Å²) in [6, 6.07) is 72.1. The molecule has 0 fully saturated rings. The molecule has 4 nitrogen and oxygen atoms in total. The molecule has 59 heavy (non-hydrogen) atoms. The summed E-state index contributed by atoms with van der Waals surface area (Å²) < 4.78 is 14.5. The van der Waals surface area contributed by atoms with Gasteiger partial charge in [-0.25, -0.2) is 0 Å². The zero-order chi connectivity index (χ0) is 38.6. The van der Waals surface area contributed by atoms with Gasteiger partial charge in [0, 0.05) is 59.8 Å². The van der Waals surface area contributed by atoms with Gasteiger partial charge < -0.3 is 18.5 Å². The minimum absolute atomic E-state index is 0.916. The zero-order valence-electron chi connectivity index (χ0n) is 31.7. The minimum Gasteiger partial charge on any atom is -0.455 e. The lowest BCUT2D eigenvalue weighted by molar-refractivity contribution is 0.677. The molecule has 0 aliphatic carbocycles. The molecule has 0 unspecified atom stereocenters. The van der Waals surface area contributed by atoms with Crippen molar-refractivity contribution in [3.8, 4) is 11.4 Å². The largest absolute Gasteiger partial charge is 0.455 e. The highest BCUT2D eigenvalue weighted by molar-refractivity contribution is 7.26. The number of thiophene rings is 1. The number of hydrogen-bond acceptors (Lipinski definition) is 3. The molecule has 13 aromatic rings. The van der Waals surface area contributed by atoms with E-state index in [0.717, 1.165) is 77.5 Å². The van der Waals surface area contributed by atoms with E-state index in [4.69, 9.17) is 4.42 Å². The van der Waals surface area contributed by atoms with Crippen LogP contribution >= 0.6 is 11.3 Å². The summed E-state index contributed by atoms with van der Waals surface area (Å²) in [5.41, 5.74) is 12.0. The third kappa shape index (κ3) is 4.65. The smallest absolute Gasteiger partial charge is 0.145 e. The zero-order valence-corrected chi connectivity index (χ0v) is 32.5. The van der Waals surface area contributed by atoms with Crippen LogP contribution in [0.1, 0.15) is 0 Å². The standard InChI is InChI=1S/C54H33N3OS/c1-3-14-34(15-4-1)55(48-24-13-21-41-38-18-9-12-25-49(38)59-54(41)48)36-26-28-37(29-27-36)57-45-23-11-8-20-43(45)51-47(57)33-31-40-39-30-32-46-50(52(39)58-53(40)51)42-19-7-10-22-44(42)56(46)35-16-5-2-6-17-35/h1-33H. The van der Waals surface area contributed by atoms with Crippen LogP contribution in [0.2, 0.25) is 0 Å². The van der Waals surface area contributed by atoms with Crippen LogP contribution in [0, 0.1) is 0 Å². The molecule has 0 saturated carbocycles. The van der Waals surface area contributed by atoms with Crippen LogP contribution in [0.15, 0.2) is 205 Å². The van der Waals surface area contributed by atoms with Crippen molar-refractivity contribution in [1.82, 2.24) is 9.13 Å². The number of rotatable bonds is 5. The van der Waals surface area contributed by atoms with Gasteiger partial charge in [-0.3, -0.25) is 0 Å². The van der Waals surface area contributed by atoms with Gasteiger partial charge in [0.25, 0.3) is 0 Å².